The van der Waals surface area contributed by atoms with Crippen LogP contribution in [0, 0.1) is 5.92 Å². The maximum atomic E-state index is 13.0. The fraction of sp³-hybridized carbons (Fsp3) is 0.400. The van der Waals surface area contributed by atoms with Crippen molar-refractivity contribution in [3.8, 4) is 11.5 Å². The molecule has 0 saturated carbocycles. The van der Waals surface area contributed by atoms with Gasteiger partial charge in [-0.3, -0.25) is 19.3 Å². The second kappa shape index (κ2) is 10.1. The van der Waals surface area contributed by atoms with Crippen LogP contribution in [0.25, 0.3) is 0 Å². The molecule has 2 aromatic carbocycles. The summed E-state index contributed by atoms with van der Waals surface area (Å²) in [5.74, 6) is 0.00326. The SMILES string of the molecule is COc1ccc(N2CC(C(=O)Nc3cccc(CN4CCCC4C(N)=O)c3)CC2=O)cc1OC. The zero-order chi connectivity index (χ0) is 24.2. The summed E-state index contributed by atoms with van der Waals surface area (Å²) in [4.78, 5) is 40.9. The van der Waals surface area contributed by atoms with E-state index in [4.69, 9.17) is 15.2 Å². The van der Waals surface area contributed by atoms with Gasteiger partial charge in [0.25, 0.3) is 0 Å². The number of carbonyl (C=O) groups excluding carboxylic acids is 3. The number of nitrogens with two attached hydrogens (primary N) is 1. The minimum absolute atomic E-state index is 0.118. The molecule has 0 aromatic heterocycles. The molecule has 3 N–H and O–H groups in total. The first-order chi connectivity index (χ1) is 16.4. The molecule has 2 atom stereocenters. The van der Waals surface area contributed by atoms with Gasteiger partial charge in [-0.25, -0.2) is 0 Å². The number of likely N-dealkylation sites (tertiary alicyclic amines) is 1. The van der Waals surface area contributed by atoms with Crippen molar-refractivity contribution in [3.05, 3.63) is 48.0 Å². The monoisotopic (exact) mass is 466 g/mol. The van der Waals surface area contributed by atoms with Gasteiger partial charge in [-0.15, -0.1) is 0 Å². The Hall–Kier alpha value is -3.59. The Morgan fingerprint density at radius 1 is 1.12 bits per heavy atom. The molecule has 0 bridgehead atoms. The number of methoxy groups -OCH3 is 2. The Labute approximate surface area is 198 Å². The minimum atomic E-state index is -0.470. The lowest BCUT2D eigenvalue weighted by atomic mass is 10.1. The molecule has 2 saturated heterocycles. The molecule has 2 heterocycles. The van der Waals surface area contributed by atoms with Crippen molar-refractivity contribution in [2.75, 3.05) is 37.5 Å². The Balaban J connectivity index is 1.40. The second-order valence-electron chi connectivity index (χ2n) is 8.67. The van der Waals surface area contributed by atoms with Crippen molar-refractivity contribution in [3.63, 3.8) is 0 Å². The normalized spacial score (nSPS) is 20.4. The highest BCUT2D eigenvalue weighted by atomic mass is 16.5. The number of amides is 3. The van der Waals surface area contributed by atoms with E-state index >= 15 is 0 Å². The number of primary amides is 1. The highest BCUT2D eigenvalue weighted by Gasteiger charge is 2.35. The quantitative estimate of drug-likeness (QED) is 0.616. The molecular formula is C25H30N4O5. The van der Waals surface area contributed by atoms with Crippen LogP contribution in [0.5, 0.6) is 11.5 Å². The smallest absolute Gasteiger partial charge is 0.234 e. The molecule has 9 nitrogen and oxygen atoms in total. The molecule has 0 spiro atoms. The van der Waals surface area contributed by atoms with E-state index in [1.807, 2.05) is 24.3 Å². The fourth-order valence-corrected chi connectivity index (χ4v) is 4.69. The number of hydrogen-bond acceptors (Lipinski definition) is 6. The molecular weight excluding hydrogens is 436 g/mol. The van der Waals surface area contributed by atoms with Crippen molar-refractivity contribution < 1.29 is 23.9 Å². The topological polar surface area (TPSA) is 114 Å². The Morgan fingerprint density at radius 2 is 1.91 bits per heavy atom. The number of nitrogens with one attached hydrogen (secondary N) is 1. The summed E-state index contributed by atoms with van der Waals surface area (Å²) in [6.07, 6.45) is 1.85. The van der Waals surface area contributed by atoms with Gasteiger partial charge in [0.05, 0.1) is 26.2 Å². The highest BCUT2D eigenvalue weighted by Crippen LogP contribution is 2.34. The van der Waals surface area contributed by atoms with E-state index in [-0.39, 0.29) is 36.7 Å². The number of nitrogens with zero attached hydrogens (tertiary/aromatic N) is 2. The zero-order valence-electron chi connectivity index (χ0n) is 19.5. The molecule has 9 heteroatoms. The molecule has 3 amide bonds. The molecule has 4 rings (SSSR count). The average Bonchev–Trinajstić information content (AvgIpc) is 3.45. The molecule has 2 unspecified atom stereocenters. The number of ether oxygens (including phenoxy) is 2. The van der Waals surface area contributed by atoms with Gasteiger partial charge in [-0.1, -0.05) is 12.1 Å². The fourth-order valence-electron chi connectivity index (χ4n) is 4.69. The predicted molar refractivity (Wildman–Crippen MR) is 128 cm³/mol. The number of anilines is 2. The predicted octanol–water partition coefficient (Wildman–Crippen LogP) is 2.15. The van der Waals surface area contributed by atoms with E-state index in [2.05, 4.69) is 10.2 Å². The lowest BCUT2D eigenvalue weighted by Gasteiger charge is -2.22. The highest BCUT2D eigenvalue weighted by molar-refractivity contribution is 6.03. The van der Waals surface area contributed by atoms with Gasteiger partial charge in [0, 0.05) is 37.0 Å². The number of benzene rings is 2. The third kappa shape index (κ3) is 4.99. The molecule has 0 aliphatic carbocycles. The van der Waals surface area contributed by atoms with Crippen LogP contribution in [0.3, 0.4) is 0 Å². The van der Waals surface area contributed by atoms with Gasteiger partial charge in [-0.2, -0.15) is 0 Å². The van der Waals surface area contributed by atoms with Gasteiger partial charge < -0.3 is 25.4 Å². The van der Waals surface area contributed by atoms with E-state index in [1.54, 1.807) is 30.2 Å². The van der Waals surface area contributed by atoms with Gasteiger partial charge in [0.2, 0.25) is 17.7 Å². The summed E-state index contributed by atoms with van der Waals surface area (Å²) >= 11 is 0. The Kier molecular flexibility index (Phi) is 7.02. The molecule has 2 fully saturated rings. The minimum Gasteiger partial charge on any atom is -0.493 e. The number of hydrogen-bond donors (Lipinski definition) is 2. The molecule has 2 aliphatic heterocycles. The summed E-state index contributed by atoms with van der Waals surface area (Å²) in [6, 6.07) is 12.6. The Morgan fingerprint density at radius 3 is 2.65 bits per heavy atom. The van der Waals surface area contributed by atoms with E-state index in [0.29, 0.717) is 29.4 Å². The van der Waals surface area contributed by atoms with Crippen LogP contribution in [-0.2, 0) is 20.9 Å². The van der Waals surface area contributed by atoms with Crippen LogP contribution in [0.4, 0.5) is 11.4 Å². The second-order valence-corrected chi connectivity index (χ2v) is 8.67. The van der Waals surface area contributed by atoms with E-state index in [0.717, 1.165) is 24.9 Å². The van der Waals surface area contributed by atoms with Gasteiger partial charge in [-0.05, 0) is 49.2 Å². The first-order valence-electron chi connectivity index (χ1n) is 11.3. The maximum absolute atomic E-state index is 13.0. The van der Waals surface area contributed by atoms with Crippen LogP contribution in [0.1, 0.15) is 24.8 Å². The van der Waals surface area contributed by atoms with Crippen LogP contribution in [0.15, 0.2) is 42.5 Å². The molecule has 2 aliphatic rings. The van der Waals surface area contributed by atoms with E-state index in [1.165, 1.54) is 7.11 Å². The van der Waals surface area contributed by atoms with Crippen LogP contribution in [0.2, 0.25) is 0 Å². The van der Waals surface area contributed by atoms with E-state index in [9.17, 15) is 14.4 Å². The lowest BCUT2D eigenvalue weighted by molar-refractivity contribution is -0.122. The van der Waals surface area contributed by atoms with Crippen molar-refractivity contribution in [2.24, 2.45) is 11.7 Å². The Bertz CT molecular complexity index is 1090. The maximum Gasteiger partial charge on any atom is 0.234 e. The summed E-state index contributed by atoms with van der Waals surface area (Å²) < 4.78 is 10.6. The summed E-state index contributed by atoms with van der Waals surface area (Å²) in [5.41, 5.74) is 7.83. The van der Waals surface area contributed by atoms with Gasteiger partial charge >= 0.3 is 0 Å². The van der Waals surface area contributed by atoms with Crippen LogP contribution in [-0.4, -0.2) is 56.0 Å². The first-order valence-corrected chi connectivity index (χ1v) is 11.3. The summed E-state index contributed by atoms with van der Waals surface area (Å²) in [7, 11) is 3.09. The zero-order valence-corrected chi connectivity index (χ0v) is 19.5. The van der Waals surface area contributed by atoms with Crippen LogP contribution >= 0.6 is 0 Å². The van der Waals surface area contributed by atoms with Crippen LogP contribution < -0.4 is 25.4 Å². The standard InChI is InChI=1S/C25H30N4O5/c1-33-21-9-8-19(13-22(21)34-2)29-15-17(12-23(29)30)25(32)27-18-6-3-5-16(11-18)14-28-10-4-7-20(28)24(26)31/h3,5-6,8-9,11,13,17,20H,4,7,10,12,14-15H2,1-2H3,(H2,26,31)(H,27,32). The largest absolute Gasteiger partial charge is 0.493 e. The van der Waals surface area contributed by atoms with Crippen molar-refractivity contribution >= 4 is 29.1 Å². The summed E-state index contributed by atoms with van der Waals surface area (Å²) in [5, 5.41) is 2.94. The van der Waals surface area contributed by atoms with Gasteiger partial charge in [0.1, 0.15) is 0 Å². The van der Waals surface area contributed by atoms with E-state index < -0.39 is 5.92 Å². The van der Waals surface area contributed by atoms with Crippen molar-refractivity contribution in [2.45, 2.75) is 31.8 Å². The summed E-state index contributed by atoms with van der Waals surface area (Å²) in [6.45, 7) is 1.70. The average molecular weight is 467 g/mol. The van der Waals surface area contributed by atoms with Gasteiger partial charge in [0.15, 0.2) is 11.5 Å². The lowest BCUT2D eigenvalue weighted by Crippen LogP contribution is -2.39. The number of carbonyl (C=O) groups is 3. The first kappa shape index (κ1) is 23.6. The van der Waals surface area contributed by atoms with Crippen molar-refractivity contribution in [1.29, 1.82) is 0 Å². The third-order valence-corrected chi connectivity index (χ3v) is 6.45. The third-order valence-electron chi connectivity index (χ3n) is 6.45. The molecule has 0 radical (unpaired) electrons. The molecule has 34 heavy (non-hydrogen) atoms. The molecule has 180 valence electrons. The number of rotatable bonds is 8. The molecule has 2 aromatic rings. The van der Waals surface area contributed by atoms with Crippen molar-refractivity contribution in [1.82, 2.24) is 4.90 Å².